The molecule has 39 heavy (non-hydrogen) atoms. The lowest BCUT2D eigenvalue weighted by molar-refractivity contribution is -0.117. The molecule has 0 saturated heterocycles. The third kappa shape index (κ3) is 8.86. The number of carbonyl (C=O) groups excluding carboxylic acids is 2. The van der Waals surface area contributed by atoms with E-state index in [-0.39, 0.29) is 24.7 Å². The molecule has 0 radical (unpaired) electrons. The lowest BCUT2D eigenvalue weighted by Gasteiger charge is -2.10. The van der Waals surface area contributed by atoms with Crippen molar-refractivity contribution in [2.45, 2.75) is 38.8 Å². The average Bonchev–Trinajstić information content (AvgIpc) is 2.88. The maximum Gasteiger partial charge on any atom is 0.224 e. The van der Waals surface area contributed by atoms with Crippen LogP contribution in [0.5, 0.6) is 0 Å². The lowest BCUT2D eigenvalue weighted by atomic mass is 10.2. The van der Waals surface area contributed by atoms with E-state index in [4.69, 9.17) is 34.7 Å². The first-order chi connectivity index (χ1) is 18.7. The Balaban J connectivity index is 1.23. The molecule has 0 heterocycles. The average molecular weight is 598 g/mol. The van der Waals surface area contributed by atoms with Crippen LogP contribution in [0.15, 0.2) is 105 Å². The molecule has 10 heteroatoms. The van der Waals surface area contributed by atoms with Crippen molar-refractivity contribution < 1.29 is 9.59 Å². The van der Waals surface area contributed by atoms with E-state index in [0.29, 0.717) is 39.2 Å². The SMILES string of the molecule is Nc1cc(Cl)ccc1Sc1cccc(NC(=O)CCCC(=O)Nc2cccc(Sc3ccc(Cl)cc3N)c2)c1. The second-order valence-electron chi connectivity index (χ2n) is 8.57. The molecule has 4 aromatic rings. The summed E-state index contributed by atoms with van der Waals surface area (Å²) in [5.74, 6) is -0.315. The Kier molecular flexibility index (Phi) is 10.1. The highest BCUT2D eigenvalue weighted by Gasteiger charge is 2.09. The molecular formula is C29H26Cl2N4O2S2. The summed E-state index contributed by atoms with van der Waals surface area (Å²) in [5.41, 5.74) is 14.6. The molecule has 4 aromatic carbocycles. The zero-order valence-electron chi connectivity index (χ0n) is 20.7. The molecule has 0 aliphatic carbocycles. The minimum Gasteiger partial charge on any atom is -0.398 e. The van der Waals surface area contributed by atoms with Crippen molar-refractivity contribution in [3.8, 4) is 0 Å². The van der Waals surface area contributed by atoms with Gasteiger partial charge in [0.1, 0.15) is 0 Å². The van der Waals surface area contributed by atoms with Crippen LogP contribution >= 0.6 is 46.7 Å². The Bertz CT molecular complexity index is 1390. The van der Waals surface area contributed by atoms with Gasteiger partial charge in [0.2, 0.25) is 11.8 Å². The molecule has 0 aromatic heterocycles. The highest BCUT2D eigenvalue weighted by atomic mass is 35.5. The Morgan fingerprint density at radius 1 is 0.641 bits per heavy atom. The number of halogens is 2. The number of carbonyl (C=O) groups is 2. The number of hydrogen-bond acceptors (Lipinski definition) is 6. The molecule has 0 saturated carbocycles. The molecule has 0 unspecified atom stereocenters. The first kappa shape index (κ1) is 28.7. The molecule has 0 fully saturated rings. The minimum atomic E-state index is -0.157. The number of amides is 2. The first-order valence-electron chi connectivity index (χ1n) is 12.0. The fraction of sp³-hybridized carbons (Fsp3) is 0.103. The standard InChI is InChI=1S/C29H26Cl2N4O2S2/c30-18-10-12-26(24(32)14-18)38-22-6-1-4-20(16-22)34-28(36)8-3-9-29(37)35-21-5-2-7-23(17-21)39-27-13-11-19(31)15-25(27)33/h1-2,4-7,10-17H,3,8-9,32-33H2,(H,34,36)(H,35,37). The molecule has 0 aliphatic heterocycles. The molecule has 6 nitrogen and oxygen atoms in total. The van der Waals surface area contributed by atoms with Gasteiger partial charge in [0.15, 0.2) is 0 Å². The van der Waals surface area contributed by atoms with Crippen molar-refractivity contribution in [3.63, 3.8) is 0 Å². The Labute approximate surface area is 245 Å². The van der Waals surface area contributed by atoms with Crippen LogP contribution in [0.1, 0.15) is 19.3 Å². The summed E-state index contributed by atoms with van der Waals surface area (Å²) in [4.78, 5) is 28.6. The molecular weight excluding hydrogens is 571 g/mol. The van der Waals surface area contributed by atoms with Gasteiger partial charge in [-0.05, 0) is 79.2 Å². The molecule has 200 valence electrons. The Morgan fingerprint density at radius 3 is 1.49 bits per heavy atom. The molecule has 0 spiro atoms. The normalized spacial score (nSPS) is 10.7. The van der Waals surface area contributed by atoms with Gasteiger partial charge in [0.05, 0.1) is 0 Å². The molecule has 0 atom stereocenters. The van der Waals surface area contributed by atoms with Crippen LogP contribution in [0.25, 0.3) is 0 Å². The summed E-state index contributed by atoms with van der Waals surface area (Å²) in [6, 6.07) is 25.7. The summed E-state index contributed by atoms with van der Waals surface area (Å²) >= 11 is 14.9. The van der Waals surface area contributed by atoms with Gasteiger partial charge in [-0.2, -0.15) is 0 Å². The number of benzene rings is 4. The fourth-order valence-electron chi connectivity index (χ4n) is 3.61. The van der Waals surface area contributed by atoms with Crippen LogP contribution in [0.3, 0.4) is 0 Å². The number of nitrogens with one attached hydrogen (secondary N) is 2. The van der Waals surface area contributed by atoms with Gasteiger partial charge in [-0.3, -0.25) is 9.59 Å². The van der Waals surface area contributed by atoms with Gasteiger partial charge >= 0.3 is 0 Å². The molecule has 0 bridgehead atoms. The topological polar surface area (TPSA) is 110 Å². The van der Waals surface area contributed by atoms with E-state index in [1.807, 2.05) is 60.7 Å². The third-order valence-corrected chi connectivity index (χ3v) is 8.08. The fourth-order valence-corrected chi connectivity index (χ4v) is 5.77. The van der Waals surface area contributed by atoms with Gasteiger partial charge < -0.3 is 22.1 Å². The molecule has 6 N–H and O–H groups in total. The van der Waals surface area contributed by atoms with Gasteiger partial charge in [-0.25, -0.2) is 0 Å². The van der Waals surface area contributed by atoms with E-state index >= 15 is 0 Å². The van der Waals surface area contributed by atoms with Crippen molar-refractivity contribution >= 4 is 81.3 Å². The van der Waals surface area contributed by atoms with Crippen LogP contribution in [-0.2, 0) is 9.59 Å². The molecule has 0 aliphatic rings. The first-order valence-corrected chi connectivity index (χ1v) is 14.4. The monoisotopic (exact) mass is 596 g/mol. The van der Waals surface area contributed by atoms with Crippen LogP contribution in [0, 0.1) is 0 Å². The number of nitrogens with two attached hydrogens (primary N) is 2. The maximum absolute atomic E-state index is 12.5. The van der Waals surface area contributed by atoms with Gasteiger partial charge in [-0.1, -0.05) is 58.9 Å². The van der Waals surface area contributed by atoms with Crippen LogP contribution in [0.2, 0.25) is 10.0 Å². The summed E-state index contributed by atoms with van der Waals surface area (Å²) in [6.07, 6.45) is 0.866. The quantitative estimate of drug-likeness (QED) is 0.137. The largest absolute Gasteiger partial charge is 0.398 e. The number of rotatable bonds is 10. The summed E-state index contributed by atoms with van der Waals surface area (Å²) in [7, 11) is 0. The summed E-state index contributed by atoms with van der Waals surface area (Å²) in [6.45, 7) is 0. The van der Waals surface area contributed by atoms with Crippen molar-refractivity contribution in [3.05, 3.63) is 95.0 Å². The van der Waals surface area contributed by atoms with Gasteiger partial charge in [-0.15, -0.1) is 0 Å². The van der Waals surface area contributed by atoms with Gasteiger partial charge in [0, 0.05) is 65.2 Å². The number of nitrogen functional groups attached to an aromatic ring is 2. The van der Waals surface area contributed by atoms with Crippen molar-refractivity contribution in [2.75, 3.05) is 22.1 Å². The second kappa shape index (κ2) is 13.7. The van der Waals surface area contributed by atoms with E-state index in [9.17, 15) is 9.59 Å². The lowest BCUT2D eigenvalue weighted by Crippen LogP contribution is -2.14. The smallest absolute Gasteiger partial charge is 0.224 e. The van der Waals surface area contributed by atoms with E-state index < -0.39 is 0 Å². The van der Waals surface area contributed by atoms with Crippen LogP contribution in [0.4, 0.5) is 22.7 Å². The highest BCUT2D eigenvalue weighted by Crippen LogP contribution is 2.35. The van der Waals surface area contributed by atoms with Crippen molar-refractivity contribution in [2.24, 2.45) is 0 Å². The summed E-state index contributed by atoms with van der Waals surface area (Å²) in [5, 5.41) is 6.96. The van der Waals surface area contributed by atoms with Gasteiger partial charge in [0.25, 0.3) is 0 Å². The minimum absolute atomic E-state index is 0.157. The van der Waals surface area contributed by atoms with Crippen LogP contribution < -0.4 is 22.1 Å². The highest BCUT2D eigenvalue weighted by molar-refractivity contribution is 7.99. The van der Waals surface area contributed by atoms with E-state index in [1.165, 1.54) is 23.5 Å². The number of anilines is 4. The number of hydrogen-bond donors (Lipinski definition) is 4. The predicted molar refractivity (Wildman–Crippen MR) is 164 cm³/mol. The van der Waals surface area contributed by atoms with E-state index in [2.05, 4.69) is 10.6 Å². The third-order valence-electron chi connectivity index (χ3n) is 5.44. The predicted octanol–water partition coefficient (Wildman–Crippen LogP) is 8.21. The zero-order valence-corrected chi connectivity index (χ0v) is 23.9. The maximum atomic E-state index is 12.5. The van der Waals surface area contributed by atoms with Crippen LogP contribution in [-0.4, -0.2) is 11.8 Å². The Hall–Kier alpha value is -3.30. The zero-order chi connectivity index (χ0) is 27.8. The van der Waals surface area contributed by atoms with E-state index in [1.54, 1.807) is 24.3 Å². The summed E-state index contributed by atoms with van der Waals surface area (Å²) < 4.78 is 0. The van der Waals surface area contributed by atoms with Crippen molar-refractivity contribution in [1.29, 1.82) is 0 Å². The molecule has 2 amide bonds. The Morgan fingerprint density at radius 2 is 1.08 bits per heavy atom. The van der Waals surface area contributed by atoms with E-state index in [0.717, 1.165) is 19.6 Å². The molecule has 4 rings (SSSR count). The second-order valence-corrected chi connectivity index (χ2v) is 11.7. The van der Waals surface area contributed by atoms with Crippen molar-refractivity contribution in [1.82, 2.24) is 0 Å².